The van der Waals surface area contributed by atoms with Crippen molar-refractivity contribution in [2.75, 3.05) is 0 Å². The molecule has 78 valence electrons. The minimum atomic E-state index is 0.928. The van der Waals surface area contributed by atoms with Crippen molar-refractivity contribution >= 4 is 27.0 Å². The first-order chi connectivity index (χ1) is 7.83. The Hall–Kier alpha value is -1.61. The van der Waals surface area contributed by atoms with Gasteiger partial charge in [0.25, 0.3) is 0 Å². The van der Waals surface area contributed by atoms with Gasteiger partial charge in [0, 0.05) is 21.7 Å². The smallest absolute Gasteiger partial charge is 0.137 e. The Bertz CT molecular complexity index is 610. The number of nitrogens with zero attached hydrogens (tertiary/aromatic N) is 1. The van der Waals surface area contributed by atoms with Crippen molar-refractivity contribution in [2.24, 2.45) is 0 Å². The first-order valence-corrected chi connectivity index (χ1v) is 5.82. The van der Waals surface area contributed by atoms with Crippen molar-refractivity contribution in [2.45, 2.75) is 0 Å². The predicted octanol–water partition coefficient (Wildman–Crippen LogP) is 3.99. The number of aromatic amines is 1. The van der Waals surface area contributed by atoms with Gasteiger partial charge < -0.3 is 4.98 Å². The van der Waals surface area contributed by atoms with E-state index in [4.69, 9.17) is 0 Å². The molecule has 0 aliphatic rings. The van der Waals surface area contributed by atoms with Crippen molar-refractivity contribution < 1.29 is 0 Å². The molecule has 1 aromatic carbocycles. The summed E-state index contributed by atoms with van der Waals surface area (Å²) in [5, 5.41) is 1.14. The molecule has 1 N–H and O–H groups in total. The average molecular weight is 273 g/mol. The van der Waals surface area contributed by atoms with Gasteiger partial charge in [-0.25, -0.2) is 4.98 Å². The second kappa shape index (κ2) is 3.76. The summed E-state index contributed by atoms with van der Waals surface area (Å²) in [6.07, 6.45) is 1.80. The van der Waals surface area contributed by atoms with Crippen LogP contribution in [0.15, 0.2) is 53.1 Å². The fourth-order valence-electron chi connectivity index (χ4n) is 1.77. The maximum atomic E-state index is 4.28. The zero-order chi connectivity index (χ0) is 11.0. The largest absolute Gasteiger partial charge is 0.339 e. The van der Waals surface area contributed by atoms with Gasteiger partial charge in [-0.15, -0.1) is 0 Å². The van der Waals surface area contributed by atoms with Gasteiger partial charge in [0.2, 0.25) is 0 Å². The van der Waals surface area contributed by atoms with Gasteiger partial charge in [0.15, 0.2) is 0 Å². The Kier molecular flexibility index (Phi) is 2.26. The Balaban J connectivity index is 2.19. The lowest BCUT2D eigenvalue weighted by Gasteiger charge is -1.97. The number of H-pyrrole nitrogens is 1. The maximum absolute atomic E-state index is 4.28. The van der Waals surface area contributed by atoms with Crippen LogP contribution in [0, 0.1) is 0 Å². The lowest BCUT2D eigenvalue weighted by molar-refractivity contribution is 1.32. The molecule has 0 unspecified atom stereocenters. The zero-order valence-corrected chi connectivity index (χ0v) is 10.0. The summed E-state index contributed by atoms with van der Waals surface area (Å²) in [7, 11) is 0. The molecule has 0 saturated carbocycles. The van der Waals surface area contributed by atoms with Gasteiger partial charge in [-0.1, -0.05) is 28.1 Å². The van der Waals surface area contributed by atoms with Crippen LogP contribution in [0.1, 0.15) is 0 Å². The topological polar surface area (TPSA) is 28.7 Å². The molecular formula is C13H9BrN2. The molecule has 2 aromatic heterocycles. The molecule has 3 aromatic rings. The molecular weight excluding hydrogens is 264 g/mol. The monoisotopic (exact) mass is 272 g/mol. The van der Waals surface area contributed by atoms with Crippen LogP contribution in [0.3, 0.4) is 0 Å². The molecule has 3 rings (SSSR count). The number of rotatable bonds is 1. The van der Waals surface area contributed by atoms with E-state index in [1.165, 1.54) is 0 Å². The Labute approximate surface area is 101 Å². The van der Waals surface area contributed by atoms with Gasteiger partial charge in [0.1, 0.15) is 5.65 Å². The molecule has 0 radical (unpaired) electrons. The molecule has 2 heterocycles. The van der Waals surface area contributed by atoms with Gasteiger partial charge in [-0.05, 0) is 35.9 Å². The van der Waals surface area contributed by atoms with Crippen molar-refractivity contribution in [3.8, 4) is 11.3 Å². The van der Waals surface area contributed by atoms with E-state index in [-0.39, 0.29) is 0 Å². The standard InChI is InChI=1S/C13H9BrN2/c14-11-5-1-3-9(7-11)12-8-10-4-2-6-15-13(10)16-12/h1-8H,(H,15,16). The quantitative estimate of drug-likeness (QED) is 0.713. The number of nitrogens with one attached hydrogen (secondary N) is 1. The van der Waals surface area contributed by atoms with Crippen LogP contribution in [0.25, 0.3) is 22.3 Å². The number of pyridine rings is 1. The van der Waals surface area contributed by atoms with Crippen molar-refractivity contribution in [3.63, 3.8) is 0 Å². The van der Waals surface area contributed by atoms with Crippen molar-refractivity contribution in [1.29, 1.82) is 0 Å². The van der Waals surface area contributed by atoms with Crippen LogP contribution in [-0.2, 0) is 0 Å². The Morgan fingerprint density at radius 3 is 2.81 bits per heavy atom. The second-order valence-electron chi connectivity index (χ2n) is 3.63. The van der Waals surface area contributed by atoms with Crippen LogP contribution in [0.4, 0.5) is 0 Å². The molecule has 0 bridgehead atoms. The summed E-state index contributed by atoms with van der Waals surface area (Å²) >= 11 is 3.47. The molecule has 0 aliphatic heterocycles. The van der Waals surface area contributed by atoms with E-state index in [0.29, 0.717) is 0 Å². The molecule has 0 aliphatic carbocycles. The van der Waals surface area contributed by atoms with Crippen LogP contribution in [0.5, 0.6) is 0 Å². The van der Waals surface area contributed by atoms with Crippen LogP contribution in [0.2, 0.25) is 0 Å². The summed E-state index contributed by atoms with van der Waals surface area (Å²) in [4.78, 5) is 7.59. The number of hydrogen-bond acceptors (Lipinski definition) is 1. The van der Waals surface area contributed by atoms with Gasteiger partial charge >= 0.3 is 0 Å². The molecule has 0 amide bonds. The third kappa shape index (κ3) is 1.63. The fraction of sp³-hybridized carbons (Fsp3) is 0. The maximum Gasteiger partial charge on any atom is 0.137 e. The lowest BCUT2D eigenvalue weighted by atomic mass is 10.1. The third-order valence-electron chi connectivity index (χ3n) is 2.53. The van der Waals surface area contributed by atoms with E-state index in [0.717, 1.165) is 26.8 Å². The first kappa shape index (κ1) is 9.60. The highest BCUT2D eigenvalue weighted by Crippen LogP contribution is 2.25. The Morgan fingerprint density at radius 1 is 1.06 bits per heavy atom. The van der Waals surface area contributed by atoms with Crippen LogP contribution >= 0.6 is 15.9 Å². The third-order valence-corrected chi connectivity index (χ3v) is 3.02. The van der Waals surface area contributed by atoms with Gasteiger partial charge in [-0.3, -0.25) is 0 Å². The highest BCUT2D eigenvalue weighted by molar-refractivity contribution is 9.10. The first-order valence-electron chi connectivity index (χ1n) is 5.02. The molecule has 0 spiro atoms. The van der Waals surface area contributed by atoms with Crippen molar-refractivity contribution in [1.82, 2.24) is 9.97 Å². The summed E-state index contributed by atoms with van der Waals surface area (Å²) in [5.74, 6) is 0. The van der Waals surface area contributed by atoms with Crippen LogP contribution in [-0.4, -0.2) is 9.97 Å². The molecule has 0 fully saturated rings. The fourth-order valence-corrected chi connectivity index (χ4v) is 2.17. The summed E-state index contributed by atoms with van der Waals surface area (Å²) < 4.78 is 1.08. The number of fused-ring (bicyclic) bond motifs is 1. The van der Waals surface area contributed by atoms with E-state index in [2.05, 4.69) is 50.2 Å². The molecule has 0 atom stereocenters. The Morgan fingerprint density at radius 2 is 2.00 bits per heavy atom. The van der Waals surface area contributed by atoms with Gasteiger partial charge in [-0.2, -0.15) is 0 Å². The number of benzene rings is 1. The average Bonchev–Trinajstić information content (AvgIpc) is 2.72. The van der Waals surface area contributed by atoms with E-state index >= 15 is 0 Å². The summed E-state index contributed by atoms with van der Waals surface area (Å²) in [6.45, 7) is 0. The molecule has 16 heavy (non-hydrogen) atoms. The van der Waals surface area contributed by atoms with E-state index in [1.54, 1.807) is 6.20 Å². The highest BCUT2D eigenvalue weighted by Gasteiger charge is 2.03. The second-order valence-corrected chi connectivity index (χ2v) is 4.55. The number of aromatic nitrogens is 2. The normalized spacial score (nSPS) is 10.8. The SMILES string of the molecule is Brc1cccc(-c2cc3cccnc3[nH]2)c1. The minimum absolute atomic E-state index is 0.928. The van der Waals surface area contributed by atoms with Crippen molar-refractivity contribution in [3.05, 3.63) is 53.1 Å². The number of halogens is 1. The molecule has 0 saturated heterocycles. The summed E-state index contributed by atoms with van der Waals surface area (Å²) in [6, 6.07) is 14.3. The number of hydrogen-bond donors (Lipinski definition) is 1. The lowest BCUT2D eigenvalue weighted by Crippen LogP contribution is -1.77. The zero-order valence-electron chi connectivity index (χ0n) is 8.44. The van der Waals surface area contributed by atoms with Crippen LogP contribution < -0.4 is 0 Å². The van der Waals surface area contributed by atoms with Gasteiger partial charge in [0.05, 0.1) is 0 Å². The van der Waals surface area contributed by atoms with E-state index in [9.17, 15) is 0 Å². The van der Waals surface area contributed by atoms with E-state index in [1.807, 2.05) is 18.2 Å². The van der Waals surface area contributed by atoms with E-state index < -0.39 is 0 Å². The molecule has 3 heteroatoms. The highest BCUT2D eigenvalue weighted by atomic mass is 79.9. The predicted molar refractivity (Wildman–Crippen MR) is 69.2 cm³/mol. The minimum Gasteiger partial charge on any atom is -0.339 e. The molecule has 2 nitrogen and oxygen atoms in total. The summed E-state index contributed by atoms with van der Waals surface area (Å²) in [5.41, 5.74) is 3.18.